The first-order valence-electron chi connectivity index (χ1n) is 5.23. The zero-order chi connectivity index (χ0) is 12.3. The van der Waals surface area contributed by atoms with E-state index in [1.807, 2.05) is 29.5 Å². The molecule has 1 N–H and O–H groups in total. The molecule has 0 spiro atoms. The molecule has 0 unspecified atom stereocenters. The van der Waals surface area contributed by atoms with E-state index >= 15 is 0 Å². The fourth-order valence-electron chi connectivity index (χ4n) is 1.60. The maximum Gasteiger partial charge on any atom is 0.335 e. The number of aromatic carboxylic acids is 1. The highest BCUT2D eigenvalue weighted by molar-refractivity contribution is 7.09. The van der Waals surface area contributed by atoms with Crippen LogP contribution in [0.3, 0.4) is 0 Å². The van der Waals surface area contributed by atoms with Gasteiger partial charge >= 0.3 is 5.97 Å². The van der Waals surface area contributed by atoms with Gasteiger partial charge in [0, 0.05) is 17.6 Å². The van der Waals surface area contributed by atoms with Crippen LogP contribution in [0.25, 0.3) is 0 Å². The quantitative estimate of drug-likeness (QED) is 0.902. The van der Waals surface area contributed by atoms with Crippen LogP contribution in [0.2, 0.25) is 0 Å². The topological polar surface area (TPSA) is 40.5 Å². The van der Waals surface area contributed by atoms with E-state index in [0.717, 1.165) is 12.2 Å². The molecule has 88 valence electrons. The third-order valence-corrected chi connectivity index (χ3v) is 3.37. The monoisotopic (exact) mass is 247 g/mol. The molecule has 0 aliphatic heterocycles. The smallest absolute Gasteiger partial charge is 0.335 e. The van der Waals surface area contributed by atoms with Crippen LogP contribution in [0.5, 0.6) is 0 Å². The van der Waals surface area contributed by atoms with Crippen LogP contribution in [0.1, 0.15) is 15.2 Å². The van der Waals surface area contributed by atoms with E-state index in [2.05, 4.69) is 6.07 Å². The van der Waals surface area contributed by atoms with Crippen LogP contribution in [0.15, 0.2) is 41.8 Å². The van der Waals surface area contributed by atoms with E-state index in [0.29, 0.717) is 5.56 Å². The van der Waals surface area contributed by atoms with Crippen LogP contribution >= 0.6 is 11.3 Å². The predicted octanol–water partition coefficient (Wildman–Crippen LogP) is 3.08. The number of hydrogen-bond acceptors (Lipinski definition) is 3. The Morgan fingerprint density at radius 3 is 2.82 bits per heavy atom. The average Bonchev–Trinajstić information content (AvgIpc) is 2.82. The van der Waals surface area contributed by atoms with Crippen molar-refractivity contribution in [3.63, 3.8) is 0 Å². The first-order valence-corrected chi connectivity index (χ1v) is 6.11. The van der Waals surface area contributed by atoms with Crippen molar-refractivity contribution in [1.82, 2.24) is 0 Å². The molecule has 0 amide bonds. The van der Waals surface area contributed by atoms with Crippen molar-refractivity contribution in [3.05, 3.63) is 52.2 Å². The van der Waals surface area contributed by atoms with Crippen molar-refractivity contribution in [2.24, 2.45) is 0 Å². The lowest BCUT2D eigenvalue weighted by molar-refractivity contribution is 0.0697. The van der Waals surface area contributed by atoms with Crippen LogP contribution < -0.4 is 4.90 Å². The van der Waals surface area contributed by atoms with Crippen molar-refractivity contribution in [3.8, 4) is 0 Å². The molecule has 4 heteroatoms. The summed E-state index contributed by atoms with van der Waals surface area (Å²) in [7, 11) is 1.96. The number of carboxylic acids is 1. The largest absolute Gasteiger partial charge is 0.478 e. The van der Waals surface area contributed by atoms with Gasteiger partial charge in [-0.25, -0.2) is 4.79 Å². The van der Waals surface area contributed by atoms with Gasteiger partial charge in [-0.3, -0.25) is 0 Å². The number of rotatable bonds is 4. The summed E-state index contributed by atoms with van der Waals surface area (Å²) in [5.41, 5.74) is 1.24. The molecule has 0 saturated carbocycles. The second-order valence-electron chi connectivity index (χ2n) is 3.79. The number of carbonyl (C=O) groups is 1. The minimum Gasteiger partial charge on any atom is -0.478 e. The molecular weight excluding hydrogens is 234 g/mol. The lowest BCUT2D eigenvalue weighted by Crippen LogP contribution is -2.16. The second-order valence-corrected chi connectivity index (χ2v) is 4.82. The van der Waals surface area contributed by atoms with E-state index in [1.165, 1.54) is 4.88 Å². The Labute approximate surface area is 104 Å². The maximum atomic E-state index is 10.9. The normalized spacial score (nSPS) is 10.2. The Balaban J connectivity index is 2.16. The van der Waals surface area contributed by atoms with Gasteiger partial charge in [-0.05, 0) is 29.6 Å². The van der Waals surface area contributed by atoms with Crippen LogP contribution in [-0.4, -0.2) is 18.1 Å². The first-order chi connectivity index (χ1) is 8.16. The van der Waals surface area contributed by atoms with E-state index in [4.69, 9.17) is 5.11 Å². The molecule has 0 saturated heterocycles. The van der Waals surface area contributed by atoms with Crippen molar-refractivity contribution in [2.45, 2.75) is 6.54 Å². The molecule has 2 rings (SSSR count). The fourth-order valence-corrected chi connectivity index (χ4v) is 2.36. The molecule has 0 radical (unpaired) electrons. The molecule has 0 bridgehead atoms. The summed E-state index contributed by atoms with van der Waals surface area (Å²) in [4.78, 5) is 14.2. The van der Waals surface area contributed by atoms with Gasteiger partial charge in [-0.15, -0.1) is 11.3 Å². The molecule has 1 aromatic carbocycles. The third kappa shape index (κ3) is 2.85. The van der Waals surface area contributed by atoms with Gasteiger partial charge in [0.15, 0.2) is 0 Å². The Kier molecular flexibility index (Phi) is 3.44. The zero-order valence-corrected chi connectivity index (χ0v) is 10.3. The van der Waals surface area contributed by atoms with Crippen molar-refractivity contribution in [1.29, 1.82) is 0 Å². The van der Waals surface area contributed by atoms with Gasteiger partial charge in [-0.1, -0.05) is 12.1 Å². The zero-order valence-electron chi connectivity index (χ0n) is 9.46. The highest BCUT2D eigenvalue weighted by atomic mass is 32.1. The SMILES string of the molecule is CN(Cc1cccs1)c1cccc(C(=O)O)c1. The molecule has 0 fully saturated rings. The van der Waals surface area contributed by atoms with E-state index in [-0.39, 0.29) is 0 Å². The molecule has 1 aromatic heterocycles. The van der Waals surface area contributed by atoms with E-state index < -0.39 is 5.97 Å². The maximum absolute atomic E-state index is 10.9. The summed E-state index contributed by atoms with van der Waals surface area (Å²) in [5, 5.41) is 11.0. The van der Waals surface area contributed by atoms with Gasteiger partial charge in [-0.2, -0.15) is 0 Å². The number of anilines is 1. The van der Waals surface area contributed by atoms with Crippen molar-refractivity contribution in [2.75, 3.05) is 11.9 Å². The highest BCUT2D eigenvalue weighted by Crippen LogP contribution is 2.19. The number of carboxylic acid groups (broad SMARTS) is 1. The Morgan fingerprint density at radius 2 is 2.18 bits per heavy atom. The summed E-state index contributed by atoms with van der Waals surface area (Å²) in [6.07, 6.45) is 0. The van der Waals surface area contributed by atoms with Crippen LogP contribution in [-0.2, 0) is 6.54 Å². The standard InChI is InChI=1S/C13H13NO2S/c1-14(9-12-6-3-7-17-12)11-5-2-4-10(8-11)13(15)16/h2-8H,9H2,1H3,(H,15,16). The molecule has 0 aliphatic carbocycles. The summed E-state index contributed by atoms with van der Waals surface area (Å²) >= 11 is 1.70. The Bertz CT molecular complexity index is 508. The summed E-state index contributed by atoms with van der Waals surface area (Å²) in [6.45, 7) is 0.792. The Hall–Kier alpha value is -1.81. The first kappa shape index (κ1) is 11.7. The molecule has 17 heavy (non-hydrogen) atoms. The summed E-state index contributed by atoms with van der Waals surface area (Å²) in [5.74, 6) is -0.892. The molecular formula is C13H13NO2S. The molecule has 2 aromatic rings. The van der Waals surface area contributed by atoms with E-state index in [9.17, 15) is 4.79 Å². The van der Waals surface area contributed by atoms with Gasteiger partial charge in [0.05, 0.1) is 12.1 Å². The number of thiophene rings is 1. The molecule has 0 aliphatic rings. The number of benzene rings is 1. The molecule has 0 atom stereocenters. The van der Waals surface area contributed by atoms with Crippen molar-refractivity contribution < 1.29 is 9.90 Å². The second kappa shape index (κ2) is 5.01. The fraction of sp³-hybridized carbons (Fsp3) is 0.154. The summed E-state index contributed by atoms with van der Waals surface area (Å²) < 4.78 is 0. The van der Waals surface area contributed by atoms with Gasteiger partial charge in [0.25, 0.3) is 0 Å². The Morgan fingerprint density at radius 1 is 1.35 bits per heavy atom. The number of hydrogen-bond donors (Lipinski definition) is 1. The number of nitrogens with zero attached hydrogens (tertiary/aromatic N) is 1. The summed E-state index contributed by atoms with van der Waals surface area (Å²) in [6, 6.07) is 11.1. The van der Waals surface area contributed by atoms with Crippen LogP contribution in [0.4, 0.5) is 5.69 Å². The lowest BCUT2D eigenvalue weighted by Gasteiger charge is -2.18. The van der Waals surface area contributed by atoms with Gasteiger partial charge in [0.1, 0.15) is 0 Å². The molecule has 3 nitrogen and oxygen atoms in total. The van der Waals surface area contributed by atoms with Gasteiger partial charge < -0.3 is 10.0 Å². The van der Waals surface area contributed by atoms with Crippen LogP contribution in [0, 0.1) is 0 Å². The predicted molar refractivity (Wildman–Crippen MR) is 69.8 cm³/mol. The van der Waals surface area contributed by atoms with E-state index in [1.54, 1.807) is 29.5 Å². The average molecular weight is 247 g/mol. The van der Waals surface area contributed by atoms with Gasteiger partial charge in [0.2, 0.25) is 0 Å². The molecule has 1 heterocycles. The minimum atomic E-state index is -0.892. The third-order valence-electron chi connectivity index (χ3n) is 2.51. The minimum absolute atomic E-state index is 0.320. The van der Waals surface area contributed by atoms with Crippen molar-refractivity contribution >= 4 is 23.0 Å². The lowest BCUT2D eigenvalue weighted by atomic mass is 10.2. The highest BCUT2D eigenvalue weighted by Gasteiger charge is 2.07.